The minimum atomic E-state index is 0.476. The highest BCUT2D eigenvalue weighted by molar-refractivity contribution is 5.62. The molecule has 1 aromatic heterocycles. The van der Waals surface area contributed by atoms with Crippen molar-refractivity contribution in [3.63, 3.8) is 0 Å². The van der Waals surface area contributed by atoms with Crippen molar-refractivity contribution in [1.82, 2.24) is 20.6 Å². The van der Waals surface area contributed by atoms with Gasteiger partial charge in [0.15, 0.2) is 0 Å². The SMILES string of the molecule is Cc1ccc(-c2nn[nH]n2)cc1N=[N+]=[N-]. The van der Waals surface area contributed by atoms with Crippen molar-refractivity contribution in [2.45, 2.75) is 6.92 Å². The van der Waals surface area contributed by atoms with Crippen molar-refractivity contribution < 1.29 is 0 Å². The lowest BCUT2D eigenvalue weighted by Gasteiger charge is -2.00. The summed E-state index contributed by atoms with van der Waals surface area (Å²) in [6.45, 7) is 1.87. The lowest BCUT2D eigenvalue weighted by atomic mass is 10.1. The van der Waals surface area contributed by atoms with Gasteiger partial charge in [-0.15, -0.1) is 10.2 Å². The molecule has 0 aliphatic rings. The fourth-order valence-electron chi connectivity index (χ4n) is 1.19. The quantitative estimate of drug-likeness (QED) is 0.457. The maximum atomic E-state index is 8.37. The van der Waals surface area contributed by atoms with Crippen molar-refractivity contribution in [2.75, 3.05) is 0 Å². The van der Waals surface area contributed by atoms with Crippen LogP contribution in [0.5, 0.6) is 0 Å². The highest BCUT2D eigenvalue weighted by Gasteiger charge is 2.04. The third-order valence-electron chi connectivity index (χ3n) is 1.97. The summed E-state index contributed by atoms with van der Waals surface area (Å²) < 4.78 is 0. The summed E-state index contributed by atoms with van der Waals surface area (Å²) in [5.74, 6) is 0.476. The molecule has 0 atom stereocenters. The summed E-state index contributed by atoms with van der Waals surface area (Å²) >= 11 is 0. The highest BCUT2D eigenvalue weighted by atomic mass is 15.5. The first-order chi connectivity index (χ1) is 7.31. The molecular formula is C8H7N7. The largest absolute Gasteiger partial charge is 0.204 e. The summed E-state index contributed by atoms with van der Waals surface area (Å²) in [4.78, 5) is 2.75. The van der Waals surface area contributed by atoms with E-state index in [1.54, 1.807) is 6.07 Å². The highest BCUT2D eigenvalue weighted by Crippen LogP contribution is 2.24. The number of aryl methyl sites for hydroxylation is 1. The van der Waals surface area contributed by atoms with Crippen molar-refractivity contribution in [2.24, 2.45) is 5.11 Å². The van der Waals surface area contributed by atoms with Crippen LogP contribution in [0, 0.1) is 6.92 Å². The van der Waals surface area contributed by atoms with Gasteiger partial charge in [0.2, 0.25) is 5.82 Å². The van der Waals surface area contributed by atoms with Crippen LogP contribution in [0.2, 0.25) is 0 Å². The molecule has 2 rings (SSSR count). The minimum absolute atomic E-state index is 0.476. The molecule has 0 saturated heterocycles. The monoisotopic (exact) mass is 201 g/mol. The molecule has 0 aliphatic heterocycles. The maximum Gasteiger partial charge on any atom is 0.204 e. The molecule has 0 saturated carbocycles. The Kier molecular flexibility index (Phi) is 2.30. The van der Waals surface area contributed by atoms with Crippen LogP contribution >= 0.6 is 0 Å². The maximum absolute atomic E-state index is 8.37. The van der Waals surface area contributed by atoms with Crippen LogP contribution in [0.3, 0.4) is 0 Å². The zero-order chi connectivity index (χ0) is 10.7. The van der Waals surface area contributed by atoms with Crippen LogP contribution < -0.4 is 0 Å². The molecule has 1 aromatic carbocycles. The van der Waals surface area contributed by atoms with Crippen LogP contribution in [0.15, 0.2) is 23.3 Å². The molecule has 74 valence electrons. The van der Waals surface area contributed by atoms with Gasteiger partial charge in [0, 0.05) is 16.2 Å². The molecule has 7 heteroatoms. The normalized spacial score (nSPS) is 9.67. The zero-order valence-corrected chi connectivity index (χ0v) is 7.92. The Morgan fingerprint density at radius 3 is 3.00 bits per heavy atom. The molecule has 0 fully saturated rings. The van der Waals surface area contributed by atoms with E-state index in [1.807, 2.05) is 19.1 Å². The van der Waals surface area contributed by atoms with E-state index >= 15 is 0 Å². The third-order valence-corrected chi connectivity index (χ3v) is 1.97. The summed E-state index contributed by atoms with van der Waals surface area (Å²) in [7, 11) is 0. The van der Waals surface area contributed by atoms with Crippen LogP contribution in [0.25, 0.3) is 21.8 Å². The molecule has 0 amide bonds. The zero-order valence-electron chi connectivity index (χ0n) is 7.92. The van der Waals surface area contributed by atoms with Gasteiger partial charge in [0.05, 0.1) is 0 Å². The average molecular weight is 201 g/mol. The summed E-state index contributed by atoms with van der Waals surface area (Å²) in [6.07, 6.45) is 0. The smallest absolute Gasteiger partial charge is 0.177 e. The van der Waals surface area contributed by atoms with Gasteiger partial charge >= 0.3 is 0 Å². The van der Waals surface area contributed by atoms with Gasteiger partial charge in [-0.05, 0) is 29.3 Å². The first-order valence-corrected chi connectivity index (χ1v) is 4.21. The van der Waals surface area contributed by atoms with Crippen molar-refractivity contribution in [3.8, 4) is 11.4 Å². The van der Waals surface area contributed by atoms with Gasteiger partial charge in [-0.25, -0.2) is 0 Å². The number of aromatic nitrogens is 4. The second-order valence-electron chi connectivity index (χ2n) is 2.93. The van der Waals surface area contributed by atoms with Crippen molar-refractivity contribution in [1.29, 1.82) is 0 Å². The number of nitrogens with one attached hydrogen (secondary N) is 1. The van der Waals surface area contributed by atoms with E-state index in [0.717, 1.165) is 11.1 Å². The molecule has 0 spiro atoms. The molecule has 0 bridgehead atoms. The molecule has 0 unspecified atom stereocenters. The number of nitrogens with zero attached hydrogens (tertiary/aromatic N) is 6. The second kappa shape index (κ2) is 3.77. The summed E-state index contributed by atoms with van der Waals surface area (Å²) in [5.41, 5.74) is 10.6. The van der Waals surface area contributed by atoms with E-state index in [2.05, 4.69) is 30.7 Å². The van der Waals surface area contributed by atoms with Crippen molar-refractivity contribution >= 4 is 5.69 Å². The molecule has 1 N–H and O–H groups in total. The standard InChI is InChI=1S/C8H7N7/c1-5-2-3-6(4-7(5)10-13-9)8-11-14-15-12-8/h2-4H,1H3,(H,11,12,14,15). The van der Waals surface area contributed by atoms with Gasteiger partial charge in [-0.2, -0.15) is 5.21 Å². The third kappa shape index (κ3) is 1.77. The number of hydrogen-bond acceptors (Lipinski definition) is 4. The molecule has 2 aromatic rings. The number of benzene rings is 1. The van der Waals surface area contributed by atoms with Gasteiger partial charge in [0.25, 0.3) is 0 Å². The Balaban J connectivity index is 2.52. The Morgan fingerprint density at radius 1 is 1.47 bits per heavy atom. The Hall–Kier alpha value is -2.40. The van der Waals surface area contributed by atoms with Crippen LogP contribution in [-0.4, -0.2) is 20.6 Å². The Labute approximate surface area is 84.8 Å². The van der Waals surface area contributed by atoms with Crippen LogP contribution in [-0.2, 0) is 0 Å². The van der Waals surface area contributed by atoms with E-state index in [-0.39, 0.29) is 0 Å². The van der Waals surface area contributed by atoms with E-state index in [4.69, 9.17) is 5.53 Å². The molecule has 1 heterocycles. The number of H-pyrrole nitrogens is 1. The predicted molar refractivity (Wildman–Crippen MR) is 53.2 cm³/mol. The van der Waals surface area contributed by atoms with Gasteiger partial charge in [-0.1, -0.05) is 17.2 Å². The van der Waals surface area contributed by atoms with Crippen molar-refractivity contribution in [3.05, 3.63) is 34.2 Å². The first-order valence-electron chi connectivity index (χ1n) is 4.21. The van der Waals surface area contributed by atoms with E-state index in [1.165, 1.54) is 0 Å². The number of tetrazole rings is 1. The number of aromatic amines is 1. The van der Waals surface area contributed by atoms with Gasteiger partial charge in [0.1, 0.15) is 0 Å². The lowest BCUT2D eigenvalue weighted by molar-refractivity contribution is 0.881. The van der Waals surface area contributed by atoms with E-state index in [9.17, 15) is 0 Å². The van der Waals surface area contributed by atoms with E-state index < -0.39 is 0 Å². The average Bonchev–Trinajstić information content (AvgIpc) is 2.75. The fraction of sp³-hybridized carbons (Fsp3) is 0.125. The number of rotatable bonds is 2. The molecular weight excluding hydrogens is 194 g/mol. The topological polar surface area (TPSA) is 103 Å². The van der Waals surface area contributed by atoms with Gasteiger partial charge < -0.3 is 0 Å². The Bertz CT molecular complexity index is 510. The molecule has 0 radical (unpaired) electrons. The summed E-state index contributed by atoms with van der Waals surface area (Å²) in [6, 6.07) is 5.41. The molecule has 15 heavy (non-hydrogen) atoms. The minimum Gasteiger partial charge on any atom is -0.177 e. The molecule has 0 aliphatic carbocycles. The van der Waals surface area contributed by atoms with Crippen LogP contribution in [0.4, 0.5) is 5.69 Å². The number of hydrogen-bond donors (Lipinski definition) is 1. The fourth-order valence-corrected chi connectivity index (χ4v) is 1.19. The van der Waals surface area contributed by atoms with Gasteiger partial charge in [-0.3, -0.25) is 0 Å². The Morgan fingerprint density at radius 2 is 2.33 bits per heavy atom. The first kappa shape index (κ1) is 9.17. The number of azide groups is 1. The van der Waals surface area contributed by atoms with E-state index in [0.29, 0.717) is 11.5 Å². The second-order valence-corrected chi connectivity index (χ2v) is 2.93. The predicted octanol–water partition coefficient (Wildman–Crippen LogP) is 2.12. The summed E-state index contributed by atoms with van der Waals surface area (Å²) in [5, 5.41) is 17.1. The lowest BCUT2D eigenvalue weighted by Crippen LogP contribution is -1.82. The van der Waals surface area contributed by atoms with Crippen LogP contribution in [0.1, 0.15) is 5.56 Å². The molecule has 7 nitrogen and oxygen atoms in total.